The first-order valence-electron chi connectivity index (χ1n) is 7.15. The average molecular weight is 339 g/mol. The number of aliphatic hydroxyl groups is 1. The number of nitrogens with zero attached hydrogens (tertiary/aromatic N) is 3. The number of hydrogen-bond donors (Lipinski definition) is 1. The van der Waals surface area contributed by atoms with Gasteiger partial charge in [-0.25, -0.2) is 4.98 Å². The van der Waals surface area contributed by atoms with Crippen LogP contribution in [-0.4, -0.2) is 40.7 Å². The Balaban J connectivity index is 0.00000100. The summed E-state index contributed by atoms with van der Waals surface area (Å²) in [6, 6.07) is 3.01. The van der Waals surface area contributed by atoms with Gasteiger partial charge in [0.05, 0.1) is 6.20 Å². The summed E-state index contributed by atoms with van der Waals surface area (Å²) < 4.78 is 40.1. The predicted molar refractivity (Wildman–Crippen MR) is 82.3 cm³/mol. The van der Waals surface area contributed by atoms with Crippen LogP contribution in [-0.2, 0) is 6.42 Å². The first kappa shape index (κ1) is 17.9. The molecule has 24 heavy (non-hydrogen) atoms. The minimum absolute atomic E-state index is 0.0879. The molecule has 1 N–H and O–H groups in total. The Bertz CT molecular complexity index is 693. The highest BCUT2D eigenvalue weighted by molar-refractivity contribution is 5.78. The van der Waals surface area contributed by atoms with E-state index in [0.717, 1.165) is 12.0 Å². The summed E-state index contributed by atoms with van der Waals surface area (Å²) in [5, 5.41) is 7.00. The summed E-state index contributed by atoms with van der Waals surface area (Å²) in [4.78, 5) is 19.9. The minimum atomic E-state index is -4.38. The Morgan fingerprint density at radius 2 is 2.04 bits per heavy atom. The fraction of sp³-hybridized carbons (Fsp3) is 0.312. The molecular weight excluding hydrogens is 323 g/mol. The average Bonchev–Trinajstić information content (AvgIpc) is 2.61. The van der Waals surface area contributed by atoms with Crippen molar-refractivity contribution < 1.29 is 23.1 Å². The second-order valence-electron chi connectivity index (χ2n) is 5.04. The maximum Gasteiger partial charge on any atom is 0.409 e. The van der Waals surface area contributed by atoms with Crippen LogP contribution in [0, 0.1) is 0 Å². The molecule has 1 atom stereocenters. The third kappa shape index (κ3) is 3.53. The van der Waals surface area contributed by atoms with Crippen LogP contribution in [0.2, 0.25) is 0 Å². The van der Waals surface area contributed by atoms with Crippen LogP contribution in [0.25, 0.3) is 0 Å². The van der Waals surface area contributed by atoms with Crippen LogP contribution in [0.3, 0.4) is 0 Å². The molecule has 0 saturated carbocycles. The maximum absolute atomic E-state index is 13.4. The third-order valence-electron chi connectivity index (χ3n) is 3.67. The van der Waals surface area contributed by atoms with Gasteiger partial charge in [-0.05, 0) is 36.6 Å². The Morgan fingerprint density at radius 1 is 1.29 bits per heavy atom. The van der Waals surface area contributed by atoms with Crippen molar-refractivity contribution in [3.63, 3.8) is 0 Å². The normalized spacial score (nSPS) is 16.7. The zero-order valence-corrected chi connectivity index (χ0v) is 12.9. The van der Waals surface area contributed by atoms with Crippen molar-refractivity contribution in [2.24, 2.45) is 0 Å². The van der Waals surface area contributed by atoms with Crippen LogP contribution < -0.4 is 4.90 Å². The van der Waals surface area contributed by atoms with Gasteiger partial charge in [0.1, 0.15) is 12.3 Å². The van der Waals surface area contributed by atoms with E-state index < -0.39 is 12.2 Å². The molecule has 128 valence electrons. The Hall–Kier alpha value is -2.48. The summed E-state index contributed by atoms with van der Waals surface area (Å²) in [7, 11) is 1.00. The van der Waals surface area contributed by atoms with Crippen LogP contribution in [0.5, 0.6) is 0 Å². The van der Waals surface area contributed by atoms with Crippen LogP contribution >= 0.6 is 0 Å². The molecule has 0 aliphatic carbocycles. The van der Waals surface area contributed by atoms with E-state index in [2.05, 4.69) is 9.97 Å². The number of anilines is 2. The molecule has 1 aromatic carbocycles. The Labute approximate surface area is 136 Å². The van der Waals surface area contributed by atoms with Crippen LogP contribution in [0.15, 0.2) is 36.8 Å². The monoisotopic (exact) mass is 339 g/mol. The second kappa shape index (κ2) is 7.39. The maximum atomic E-state index is 13.4. The molecule has 0 saturated heterocycles. The lowest BCUT2D eigenvalue weighted by Gasteiger charge is -2.38. The Kier molecular flexibility index (Phi) is 5.50. The number of fused-ring (bicyclic) bond motifs is 1. The van der Waals surface area contributed by atoms with Gasteiger partial charge in [0.2, 0.25) is 0 Å². The van der Waals surface area contributed by atoms with Crippen LogP contribution in [0.4, 0.5) is 24.7 Å². The van der Waals surface area contributed by atoms with Crippen molar-refractivity contribution in [3.8, 4) is 0 Å². The van der Waals surface area contributed by atoms with E-state index in [1.807, 2.05) is 0 Å². The number of rotatable bonds is 2. The molecule has 3 rings (SSSR count). The molecule has 8 heteroatoms. The van der Waals surface area contributed by atoms with E-state index >= 15 is 0 Å². The third-order valence-corrected chi connectivity index (χ3v) is 3.67. The summed E-state index contributed by atoms with van der Waals surface area (Å²) in [5.41, 5.74) is 1.57. The number of halogens is 3. The highest BCUT2D eigenvalue weighted by Gasteiger charge is 2.46. The predicted octanol–water partition coefficient (Wildman–Crippen LogP) is 2.91. The van der Waals surface area contributed by atoms with Gasteiger partial charge in [-0.15, -0.1) is 0 Å². The van der Waals surface area contributed by atoms with Gasteiger partial charge in [-0.1, -0.05) is 0 Å². The molecule has 2 heterocycles. The zero-order valence-electron chi connectivity index (χ0n) is 12.9. The lowest BCUT2D eigenvalue weighted by atomic mass is 9.94. The summed E-state index contributed by atoms with van der Waals surface area (Å²) >= 11 is 0. The van der Waals surface area contributed by atoms with E-state index in [1.54, 1.807) is 6.07 Å². The molecule has 0 bridgehead atoms. The quantitative estimate of drug-likeness (QED) is 0.852. The van der Waals surface area contributed by atoms with Gasteiger partial charge >= 0.3 is 6.18 Å². The van der Waals surface area contributed by atoms with Gasteiger partial charge in [-0.2, -0.15) is 13.2 Å². The fourth-order valence-electron chi connectivity index (χ4n) is 2.71. The molecule has 0 amide bonds. The minimum Gasteiger partial charge on any atom is -0.400 e. The Morgan fingerprint density at radius 3 is 2.62 bits per heavy atom. The highest BCUT2D eigenvalue weighted by atomic mass is 19.4. The van der Waals surface area contributed by atoms with Gasteiger partial charge in [0, 0.05) is 30.8 Å². The van der Waals surface area contributed by atoms with Gasteiger partial charge in [-0.3, -0.25) is 9.78 Å². The molecule has 1 unspecified atom stereocenters. The summed E-state index contributed by atoms with van der Waals surface area (Å²) in [6.45, 7) is 0. The SMILES string of the molecule is CO.O=Cc1ccc2c(c1)CCC(C(F)(F)F)N2c1cnccn1. The van der Waals surface area contributed by atoms with Crippen molar-refractivity contribution >= 4 is 17.8 Å². The molecular formula is C16H16F3N3O2. The number of hydrogen-bond acceptors (Lipinski definition) is 5. The molecule has 0 fully saturated rings. The van der Waals surface area contributed by atoms with Crippen molar-refractivity contribution in [2.45, 2.75) is 25.1 Å². The summed E-state index contributed by atoms with van der Waals surface area (Å²) in [5.74, 6) is 0.143. The number of aliphatic hydroxyl groups excluding tert-OH is 1. The number of carbonyl (C=O) groups is 1. The number of benzene rings is 1. The smallest absolute Gasteiger partial charge is 0.400 e. The molecule has 1 aliphatic heterocycles. The topological polar surface area (TPSA) is 66.3 Å². The highest BCUT2D eigenvalue weighted by Crippen LogP contribution is 2.41. The number of alkyl halides is 3. The fourth-order valence-corrected chi connectivity index (χ4v) is 2.71. The van der Waals surface area contributed by atoms with Crippen molar-refractivity contribution in [1.82, 2.24) is 9.97 Å². The first-order valence-corrected chi connectivity index (χ1v) is 7.15. The second-order valence-corrected chi connectivity index (χ2v) is 5.04. The molecule has 0 spiro atoms. The molecule has 5 nitrogen and oxygen atoms in total. The van der Waals surface area contributed by atoms with Crippen molar-refractivity contribution in [3.05, 3.63) is 47.9 Å². The zero-order chi connectivity index (χ0) is 17.7. The van der Waals surface area contributed by atoms with Gasteiger partial charge in [0.25, 0.3) is 0 Å². The van der Waals surface area contributed by atoms with Crippen molar-refractivity contribution in [1.29, 1.82) is 0 Å². The summed E-state index contributed by atoms with van der Waals surface area (Å²) in [6.07, 6.45) is 0.555. The molecule has 1 aliphatic rings. The van der Waals surface area contributed by atoms with Crippen molar-refractivity contribution in [2.75, 3.05) is 12.0 Å². The standard InChI is InChI=1S/C15H12F3N3O.CH4O/c16-15(17,18)13-4-2-11-7-10(9-22)1-3-12(11)21(13)14-8-19-5-6-20-14;1-2/h1,3,5-9,13H,2,4H2;2H,1H3. The lowest BCUT2D eigenvalue weighted by molar-refractivity contribution is -0.149. The number of aryl methyl sites for hydroxylation is 1. The molecule has 0 radical (unpaired) electrons. The van der Waals surface area contributed by atoms with E-state index in [9.17, 15) is 18.0 Å². The van der Waals surface area contributed by atoms with E-state index in [0.29, 0.717) is 23.1 Å². The largest absolute Gasteiger partial charge is 0.409 e. The van der Waals surface area contributed by atoms with Gasteiger partial charge < -0.3 is 10.0 Å². The van der Waals surface area contributed by atoms with E-state index in [4.69, 9.17) is 5.11 Å². The number of aldehydes is 1. The number of aromatic nitrogens is 2. The van der Waals surface area contributed by atoms with E-state index in [-0.39, 0.29) is 18.7 Å². The molecule has 1 aromatic heterocycles. The lowest BCUT2D eigenvalue weighted by Crippen LogP contribution is -2.46. The van der Waals surface area contributed by atoms with Crippen LogP contribution in [0.1, 0.15) is 22.3 Å². The number of carbonyl (C=O) groups excluding carboxylic acids is 1. The molecule has 2 aromatic rings. The van der Waals surface area contributed by atoms with E-state index in [1.165, 1.54) is 30.7 Å². The van der Waals surface area contributed by atoms with Gasteiger partial charge in [0.15, 0.2) is 5.82 Å². The first-order chi connectivity index (χ1) is 11.5.